The molecule has 0 unspecified atom stereocenters. The second-order valence-corrected chi connectivity index (χ2v) is 1.49. The van der Waals surface area contributed by atoms with Gasteiger partial charge in [-0.25, -0.2) is 5.01 Å². The third kappa shape index (κ3) is 3.72. The van der Waals surface area contributed by atoms with Gasteiger partial charge in [-0.3, -0.25) is 5.84 Å². The lowest BCUT2D eigenvalue weighted by Crippen LogP contribution is -2.36. The van der Waals surface area contributed by atoms with Crippen molar-refractivity contribution in [3.63, 3.8) is 0 Å². The topological polar surface area (TPSA) is 55.3 Å². The van der Waals surface area contributed by atoms with Gasteiger partial charge in [-0.15, -0.1) is 0 Å². The molecule has 0 amide bonds. The van der Waals surface area contributed by atoms with E-state index in [0.717, 1.165) is 13.0 Å². The van der Waals surface area contributed by atoms with Gasteiger partial charge in [0, 0.05) is 6.54 Å². The van der Waals surface area contributed by atoms with Crippen molar-refractivity contribution >= 4 is 0 Å². The van der Waals surface area contributed by atoms with Crippen LogP contribution in [-0.2, 0) is 0 Å². The molecule has 0 atom stereocenters. The lowest BCUT2D eigenvalue weighted by molar-refractivity contribution is 0.292. The van der Waals surface area contributed by atoms with E-state index < -0.39 is 0 Å². The summed E-state index contributed by atoms with van der Waals surface area (Å²) in [6.07, 6.45) is 1.06. The average molecular weight is 103 g/mol. The van der Waals surface area contributed by atoms with Crippen molar-refractivity contribution in [2.75, 3.05) is 13.2 Å². The minimum Gasteiger partial charge on any atom is -0.317 e. The van der Waals surface area contributed by atoms with Gasteiger partial charge in [0.05, 0.1) is 6.67 Å². The number of hydrogen-bond donors (Lipinski definition) is 2. The Morgan fingerprint density at radius 2 is 2.14 bits per heavy atom. The smallest absolute Gasteiger partial charge is 0.0593 e. The monoisotopic (exact) mass is 103 g/mol. The SMILES string of the molecule is CCCN(N)CN. The van der Waals surface area contributed by atoms with Crippen LogP contribution < -0.4 is 11.6 Å². The molecule has 0 aliphatic heterocycles. The lowest BCUT2D eigenvalue weighted by atomic mass is 10.5. The molecule has 3 heteroatoms. The minimum absolute atomic E-state index is 0.452. The zero-order valence-corrected chi connectivity index (χ0v) is 4.72. The molecule has 4 N–H and O–H groups in total. The van der Waals surface area contributed by atoms with Crippen LogP contribution in [0.15, 0.2) is 0 Å². The molecule has 0 saturated carbocycles. The first kappa shape index (κ1) is 6.88. The molecule has 0 bridgehead atoms. The van der Waals surface area contributed by atoms with Gasteiger partial charge in [0.25, 0.3) is 0 Å². The highest BCUT2D eigenvalue weighted by molar-refractivity contribution is 4.37. The molecule has 0 radical (unpaired) electrons. The van der Waals surface area contributed by atoms with Crippen LogP contribution in [0.3, 0.4) is 0 Å². The van der Waals surface area contributed by atoms with Crippen molar-refractivity contribution in [3.8, 4) is 0 Å². The zero-order valence-electron chi connectivity index (χ0n) is 4.72. The molecule has 0 spiro atoms. The van der Waals surface area contributed by atoms with Crippen LogP contribution >= 0.6 is 0 Å². The van der Waals surface area contributed by atoms with Crippen LogP contribution in [0.25, 0.3) is 0 Å². The van der Waals surface area contributed by atoms with Gasteiger partial charge >= 0.3 is 0 Å². The first-order valence-corrected chi connectivity index (χ1v) is 2.51. The fourth-order valence-corrected chi connectivity index (χ4v) is 0.379. The normalized spacial score (nSPS) is 10.3. The third-order valence-corrected chi connectivity index (χ3v) is 0.745. The maximum atomic E-state index is 5.29. The van der Waals surface area contributed by atoms with Gasteiger partial charge in [-0.1, -0.05) is 6.92 Å². The van der Waals surface area contributed by atoms with Gasteiger partial charge in [0.1, 0.15) is 0 Å². The molecule has 0 heterocycles. The molecule has 0 aromatic heterocycles. The molecule has 3 nitrogen and oxygen atoms in total. The van der Waals surface area contributed by atoms with Crippen molar-refractivity contribution in [2.45, 2.75) is 13.3 Å². The highest BCUT2D eigenvalue weighted by Gasteiger charge is 1.87. The average Bonchev–Trinajstić information content (AvgIpc) is 1.68. The Morgan fingerprint density at radius 3 is 2.29 bits per heavy atom. The molecule has 7 heavy (non-hydrogen) atoms. The van der Waals surface area contributed by atoms with Crippen LogP contribution in [0.1, 0.15) is 13.3 Å². The molecule has 0 aliphatic rings. The molecule has 0 aromatic rings. The summed E-state index contributed by atoms with van der Waals surface area (Å²) < 4.78 is 0. The van der Waals surface area contributed by atoms with Gasteiger partial charge in [0.15, 0.2) is 0 Å². The fraction of sp³-hybridized carbons (Fsp3) is 1.00. The van der Waals surface area contributed by atoms with Crippen LogP contribution in [0.2, 0.25) is 0 Å². The number of rotatable bonds is 3. The molecule has 0 aromatic carbocycles. The second-order valence-electron chi connectivity index (χ2n) is 1.49. The van der Waals surface area contributed by atoms with Crippen LogP contribution in [-0.4, -0.2) is 18.2 Å². The van der Waals surface area contributed by atoms with E-state index in [2.05, 4.69) is 6.92 Å². The predicted octanol–water partition coefficient (Wildman–Crippen LogP) is -0.512. The van der Waals surface area contributed by atoms with Crippen molar-refractivity contribution in [1.29, 1.82) is 0 Å². The van der Waals surface area contributed by atoms with E-state index in [1.165, 1.54) is 0 Å². The molecule has 0 fully saturated rings. The summed E-state index contributed by atoms with van der Waals surface area (Å²) in [5, 5.41) is 1.58. The molecule has 0 aliphatic carbocycles. The zero-order chi connectivity index (χ0) is 5.70. The quantitative estimate of drug-likeness (QED) is 0.287. The number of nitrogens with two attached hydrogens (primary N) is 2. The summed E-state index contributed by atoms with van der Waals surface area (Å²) in [6.45, 7) is 3.40. The molecular formula is C4H13N3. The minimum atomic E-state index is 0.452. The highest BCUT2D eigenvalue weighted by Crippen LogP contribution is 1.75. The summed E-state index contributed by atoms with van der Waals surface area (Å²) in [5.74, 6) is 5.29. The van der Waals surface area contributed by atoms with E-state index in [4.69, 9.17) is 11.6 Å². The first-order chi connectivity index (χ1) is 3.31. The summed E-state index contributed by atoms with van der Waals surface area (Å²) >= 11 is 0. The summed E-state index contributed by atoms with van der Waals surface area (Å²) in [4.78, 5) is 0. The third-order valence-electron chi connectivity index (χ3n) is 0.745. The van der Waals surface area contributed by atoms with Crippen molar-refractivity contribution in [2.24, 2.45) is 11.6 Å². The Morgan fingerprint density at radius 1 is 1.57 bits per heavy atom. The van der Waals surface area contributed by atoms with Crippen LogP contribution in [0.4, 0.5) is 0 Å². The Kier molecular flexibility index (Phi) is 3.98. The van der Waals surface area contributed by atoms with E-state index >= 15 is 0 Å². The Balaban J connectivity index is 2.83. The van der Waals surface area contributed by atoms with E-state index in [1.54, 1.807) is 5.01 Å². The maximum Gasteiger partial charge on any atom is 0.0593 e. The predicted molar refractivity (Wildman–Crippen MR) is 30.2 cm³/mol. The standard InChI is InChI=1S/C4H13N3/c1-2-3-7(6)4-5/h2-6H2,1H3. The summed E-state index contributed by atoms with van der Waals surface area (Å²) in [5.41, 5.74) is 5.16. The Labute approximate surface area is 44.2 Å². The lowest BCUT2D eigenvalue weighted by Gasteiger charge is -2.09. The van der Waals surface area contributed by atoms with Gasteiger partial charge in [-0.2, -0.15) is 0 Å². The van der Waals surface area contributed by atoms with Crippen LogP contribution in [0.5, 0.6) is 0 Å². The van der Waals surface area contributed by atoms with Crippen molar-refractivity contribution < 1.29 is 0 Å². The number of hydrazine groups is 1. The Bertz CT molecular complexity index is 37.9. The molecule has 0 saturated heterocycles. The molecular weight excluding hydrogens is 90.1 g/mol. The Hall–Kier alpha value is -0.120. The fourth-order valence-electron chi connectivity index (χ4n) is 0.379. The van der Waals surface area contributed by atoms with E-state index in [0.29, 0.717) is 6.67 Å². The second kappa shape index (κ2) is 4.05. The molecule has 44 valence electrons. The first-order valence-electron chi connectivity index (χ1n) is 2.51. The largest absolute Gasteiger partial charge is 0.317 e. The van der Waals surface area contributed by atoms with Gasteiger partial charge < -0.3 is 5.73 Å². The summed E-state index contributed by atoms with van der Waals surface area (Å²) in [6, 6.07) is 0. The van der Waals surface area contributed by atoms with Gasteiger partial charge in [0.2, 0.25) is 0 Å². The van der Waals surface area contributed by atoms with Crippen LogP contribution in [0, 0.1) is 0 Å². The van der Waals surface area contributed by atoms with Crippen molar-refractivity contribution in [3.05, 3.63) is 0 Å². The van der Waals surface area contributed by atoms with Gasteiger partial charge in [-0.05, 0) is 6.42 Å². The highest BCUT2D eigenvalue weighted by atomic mass is 15.4. The van der Waals surface area contributed by atoms with Crippen molar-refractivity contribution in [1.82, 2.24) is 5.01 Å². The molecule has 0 rings (SSSR count). The van der Waals surface area contributed by atoms with E-state index in [9.17, 15) is 0 Å². The number of nitrogens with zero attached hydrogens (tertiary/aromatic N) is 1. The van der Waals surface area contributed by atoms with E-state index in [-0.39, 0.29) is 0 Å². The summed E-state index contributed by atoms with van der Waals surface area (Å²) in [7, 11) is 0. The maximum absolute atomic E-state index is 5.29. The van der Waals surface area contributed by atoms with E-state index in [1.807, 2.05) is 0 Å². The number of hydrogen-bond acceptors (Lipinski definition) is 3.